The van der Waals surface area contributed by atoms with Gasteiger partial charge in [-0.3, -0.25) is 4.79 Å². The molecule has 0 saturated carbocycles. The van der Waals surface area contributed by atoms with E-state index in [9.17, 15) is 14.0 Å². The van der Waals surface area contributed by atoms with E-state index in [4.69, 9.17) is 5.73 Å². The number of nitrogens with one attached hydrogen (secondary N) is 3. The molecule has 0 fully saturated rings. The number of aromatic nitrogens is 3. The summed E-state index contributed by atoms with van der Waals surface area (Å²) >= 11 is 0. The van der Waals surface area contributed by atoms with Gasteiger partial charge < -0.3 is 21.7 Å². The first-order chi connectivity index (χ1) is 14.5. The topological polar surface area (TPSA) is 126 Å². The highest BCUT2D eigenvalue weighted by molar-refractivity contribution is 6.10. The Hall–Kier alpha value is -4.47. The lowest BCUT2D eigenvalue weighted by Crippen LogP contribution is -2.20. The lowest BCUT2D eigenvalue weighted by molar-refractivity contribution is 0.102. The van der Waals surface area contributed by atoms with Crippen molar-refractivity contribution in [1.29, 1.82) is 0 Å². The van der Waals surface area contributed by atoms with Crippen LogP contribution in [-0.4, -0.2) is 26.5 Å². The third-order valence-corrected chi connectivity index (χ3v) is 4.25. The molecule has 0 atom stereocenters. The van der Waals surface area contributed by atoms with Gasteiger partial charge in [0.05, 0.1) is 11.3 Å². The van der Waals surface area contributed by atoms with Gasteiger partial charge in [0, 0.05) is 17.6 Å². The first-order valence-electron chi connectivity index (χ1n) is 8.83. The fourth-order valence-corrected chi connectivity index (χ4v) is 2.84. The van der Waals surface area contributed by atoms with E-state index in [-0.39, 0.29) is 17.4 Å². The molecule has 5 N–H and O–H groups in total. The number of nitrogens with two attached hydrogens (primary N) is 1. The van der Waals surface area contributed by atoms with Gasteiger partial charge in [0.1, 0.15) is 17.7 Å². The second-order valence-corrected chi connectivity index (χ2v) is 6.26. The summed E-state index contributed by atoms with van der Waals surface area (Å²) in [4.78, 5) is 28.5. The minimum Gasteiger partial charge on any atom is -0.382 e. The summed E-state index contributed by atoms with van der Waals surface area (Å²) in [6.45, 7) is 0. The van der Waals surface area contributed by atoms with E-state index in [1.807, 2.05) is 0 Å². The van der Waals surface area contributed by atoms with Gasteiger partial charge in [0.2, 0.25) is 0 Å². The van der Waals surface area contributed by atoms with E-state index in [0.717, 1.165) is 0 Å². The normalized spacial score (nSPS) is 10.6. The third kappa shape index (κ3) is 3.87. The van der Waals surface area contributed by atoms with E-state index < -0.39 is 11.8 Å². The molecule has 0 aliphatic rings. The summed E-state index contributed by atoms with van der Waals surface area (Å²) in [5.74, 6) is -0.715. The largest absolute Gasteiger partial charge is 0.382 e. The molecular weight excluding hydrogens is 389 g/mol. The number of fused-ring (bicyclic) bond motifs is 1. The number of rotatable bonds is 4. The Labute approximate surface area is 169 Å². The van der Waals surface area contributed by atoms with Gasteiger partial charge in [-0.15, -0.1) is 0 Å². The molecule has 150 valence electrons. The lowest BCUT2D eigenvalue weighted by Gasteiger charge is -2.09. The molecule has 0 saturated heterocycles. The molecule has 3 amide bonds. The fourth-order valence-electron chi connectivity index (χ4n) is 2.84. The molecule has 4 rings (SSSR count). The maximum absolute atomic E-state index is 13.6. The highest BCUT2D eigenvalue weighted by Gasteiger charge is 2.15. The van der Waals surface area contributed by atoms with Gasteiger partial charge in [-0.1, -0.05) is 12.1 Å². The Kier molecular flexibility index (Phi) is 4.95. The van der Waals surface area contributed by atoms with Crippen LogP contribution in [0.1, 0.15) is 10.4 Å². The van der Waals surface area contributed by atoms with Crippen LogP contribution in [-0.2, 0) is 0 Å². The fraction of sp³-hybridized carbons (Fsp3) is 0. The van der Waals surface area contributed by atoms with Crippen molar-refractivity contribution in [2.75, 3.05) is 21.7 Å². The van der Waals surface area contributed by atoms with Crippen molar-refractivity contribution < 1.29 is 14.0 Å². The highest BCUT2D eigenvalue weighted by atomic mass is 19.1. The molecule has 0 unspecified atom stereocenters. The number of urea groups is 1. The zero-order valence-electron chi connectivity index (χ0n) is 15.5. The van der Waals surface area contributed by atoms with Crippen LogP contribution in [0.25, 0.3) is 5.52 Å². The van der Waals surface area contributed by atoms with Gasteiger partial charge >= 0.3 is 6.03 Å². The summed E-state index contributed by atoms with van der Waals surface area (Å²) in [6.07, 6.45) is 2.92. The highest BCUT2D eigenvalue weighted by Crippen LogP contribution is 2.20. The maximum atomic E-state index is 13.6. The van der Waals surface area contributed by atoms with Crippen LogP contribution >= 0.6 is 0 Å². The molecule has 30 heavy (non-hydrogen) atoms. The Balaban J connectivity index is 1.41. The minimum atomic E-state index is -0.590. The molecule has 4 aromatic rings. The molecule has 9 nitrogen and oxygen atoms in total. The van der Waals surface area contributed by atoms with Crippen LogP contribution in [0.15, 0.2) is 67.1 Å². The van der Waals surface area contributed by atoms with E-state index in [1.54, 1.807) is 42.6 Å². The average molecular weight is 405 g/mol. The number of carbonyl (C=O) groups is 2. The van der Waals surface area contributed by atoms with Gasteiger partial charge in [-0.05, 0) is 42.5 Å². The molecule has 2 aromatic heterocycles. The van der Waals surface area contributed by atoms with Crippen LogP contribution in [0.2, 0.25) is 0 Å². The van der Waals surface area contributed by atoms with Crippen molar-refractivity contribution in [2.45, 2.75) is 0 Å². The van der Waals surface area contributed by atoms with Crippen LogP contribution < -0.4 is 21.7 Å². The number of nitrogen functional groups attached to an aromatic ring is 1. The smallest absolute Gasteiger partial charge is 0.323 e. The zero-order valence-corrected chi connectivity index (χ0v) is 15.5. The van der Waals surface area contributed by atoms with Crippen LogP contribution in [0.5, 0.6) is 0 Å². The van der Waals surface area contributed by atoms with Crippen molar-refractivity contribution in [3.05, 3.63) is 78.5 Å². The molecule has 2 heterocycles. The summed E-state index contributed by atoms with van der Waals surface area (Å²) < 4.78 is 15.1. The van der Waals surface area contributed by atoms with Crippen molar-refractivity contribution >= 4 is 40.3 Å². The van der Waals surface area contributed by atoms with E-state index in [2.05, 4.69) is 26.0 Å². The number of para-hydroxylation sites is 1. The van der Waals surface area contributed by atoms with Crippen molar-refractivity contribution in [3.8, 4) is 0 Å². The van der Waals surface area contributed by atoms with E-state index in [1.165, 1.54) is 29.0 Å². The number of benzene rings is 2. The predicted octanol–water partition coefficient (Wildman–Crippen LogP) is 3.35. The van der Waals surface area contributed by atoms with Crippen LogP contribution in [0.3, 0.4) is 0 Å². The number of hydrogen-bond acceptors (Lipinski definition) is 5. The van der Waals surface area contributed by atoms with E-state index >= 15 is 0 Å². The Morgan fingerprint density at radius 3 is 2.37 bits per heavy atom. The second-order valence-electron chi connectivity index (χ2n) is 6.26. The van der Waals surface area contributed by atoms with Gasteiger partial charge in [-0.2, -0.15) is 5.10 Å². The maximum Gasteiger partial charge on any atom is 0.323 e. The monoisotopic (exact) mass is 405 g/mol. The van der Waals surface area contributed by atoms with Crippen molar-refractivity contribution in [1.82, 2.24) is 14.6 Å². The Morgan fingerprint density at radius 1 is 0.933 bits per heavy atom. The Bertz CT molecular complexity index is 1240. The summed E-state index contributed by atoms with van der Waals surface area (Å²) in [5, 5.41) is 11.8. The number of hydrogen-bond donors (Lipinski definition) is 4. The molecule has 0 spiro atoms. The van der Waals surface area contributed by atoms with Crippen molar-refractivity contribution in [3.63, 3.8) is 0 Å². The Morgan fingerprint density at radius 2 is 1.63 bits per heavy atom. The molecule has 0 radical (unpaired) electrons. The van der Waals surface area contributed by atoms with E-state index in [0.29, 0.717) is 22.5 Å². The van der Waals surface area contributed by atoms with Crippen LogP contribution in [0.4, 0.5) is 32.1 Å². The van der Waals surface area contributed by atoms with Gasteiger partial charge in [-0.25, -0.2) is 18.7 Å². The molecule has 0 aliphatic heterocycles. The molecule has 10 heteroatoms. The van der Waals surface area contributed by atoms with Crippen molar-refractivity contribution in [2.24, 2.45) is 0 Å². The standard InChI is InChI=1S/C20H16FN7O2/c21-15-3-1-2-4-16(15)27-20(30)26-13-7-5-12(6-8-13)25-19(29)14-9-10-28-17(14)18(22)23-11-24-28/h1-11H,(H,25,29)(H2,22,23,24)(H2,26,27,30). The molecule has 0 bridgehead atoms. The first-order valence-corrected chi connectivity index (χ1v) is 8.83. The molecule has 0 aliphatic carbocycles. The zero-order chi connectivity index (χ0) is 21.1. The summed E-state index contributed by atoms with van der Waals surface area (Å²) in [6, 6.07) is 13.3. The number of nitrogens with zero attached hydrogens (tertiary/aromatic N) is 3. The molecule has 2 aromatic carbocycles. The molecular formula is C20H16FN7O2. The number of amides is 3. The average Bonchev–Trinajstić information content (AvgIpc) is 3.17. The second kappa shape index (κ2) is 7.87. The van der Waals surface area contributed by atoms with Gasteiger partial charge in [0.15, 0.2) is 5.82 Å². The lowest BCUT2D eigenvalue weighted by atomic mass is 10.2. The minimum absolute atomic E-state index is 0.0712. The summed E-state index contributed by atoms with van der Waals surface area (Å²) in [7, 11) is 0. The quantitative estimate of drug-likeness (QED) is 0.414. The predicted molar refractivity (Wildman–Crippen MR) is 111 cm³/mol. The first kappa shape index (κ1) is 18.9. The summed E-state index contributed by atoms with van der Waals surface area (Å²) in [5.41, 5.74) is 7.64. The third-order valence-electron chi connectivity index (χ3n) is 4.25. The SMILES string of the molecule is Nc1ncnn2ccc(C(=O)Nc3ccc(NC(=O)Nc4ccccc4F)cc3)c12. The number of halogens is 1. The van der Waals surface area contributed by atoms with Crippen LogP contribution in [0, 0.1) is 5.82 Å². The number of carbonyl (C=O) groups excluding carboxylic acids is 2. The van der Waals surface area contributed by atoms with Gasteiger partial charge in [0.25, 0.3) is 5.91 Å². The number of anilines is 4.